The summed E-state index contributed by atoms with van der Waals surface area (Å²) in [6.07, 6.45) is 3.42. The van der Waals surface area contributed by atoms with Crippen LogP contribution in [0.3, 0.4) is 0 Å². The average molecular weight is 448 g/mol. The van der Waals surface area contributed by atoms with Crippen molar-refractivity contribution in [2.45, 2.75) is 48.0 Å². The monoisotopic (exact) mass is 447 g/mol. The number of methoxy groups -OCH3 is 1. The summed E-state index contributed by atoms with van der Waals surface area (Å²) in [6, 6.07) is 9.10. The van der Waals surface area contributed by atoms with Gasteiger partial charge in [0.05, 0.1) is 24.0 Å². The summed E-state index contributed by atoms with van der Waals surface area (Å²) >= 11 is 0. The number of ether oxygens (including phenoxy) is 1. The molecule has 1 saturated heterocycles. The second-order valence-corrected chi connectivity index (χ2v) is 9.88. The molecule has 31 heavy (non-hydrogen) atoms. The molecule has 1 amide bonds. The van der Waals surface area contributed by atoms with Crippen molar-refractivity contribution in [3.05, 3.63) is 54.0 Å². The minimum absolute atomic E-state index is 0.00572. The first-order valence-electron chi connectivity index (χ1n) is 10.1. The number of amides is 1. The maximum absolute atomic E-state index is 12.9. The molecule has 2 aliphatic rings. The molecule has 10 heteroatoms. The van der Waals surface area contributed by atoms with Crippen molar-refractivity contribution in [2.24, 2.45) is 5.92 Å². The van der Waals surface area contributed by atoms with Crippen molar-refractivity contribution in [1.29, 1.82) is 0 Å². The van der Waals surface area contributed by atoms with Crippen molar-refractivity contribution >= 4 is 21.7 Å². The molecule has 3 N–H and O–H groups in total. The SMILES string of the molecule is COC(=O)C1NNC2CCC(NC(=O)c3occc3CS(=O)(=O)c3ccccc3)CC21. The molecule has 4 rings (SSSR count). The van der Waals surface area contributed by atoms with E-state index in [1.54, 1.807) is 18.2 Å². The third-order valence-corrected chi connectivity index (χ3v) is 7.62. The molecule has 4 atom stereocenters. The minimum Gasteiger partial charge on any atom is -0.468 e. The van der Waals surface area contributed by atoms with E-state index in [9.17, 15) is 18.0 Å². The van der Waals surface area contributed by atoms with E-state index in [1.807, 2.05) is 0 Å². The highest BCUT2D eigenvalue weighted by Crippen LogP contribution is 2.31. The van der Waals surface area contributed by atoms with E-state index < -0.39 is 21.8 Å². The molecule has 1 saturated carbocycles. The molecule has 1 aromatic heterocycles. The summed E-state index contributed by atoms with van der Waals surface area (Å²) < 4.78 is 35.6. The highest BCUT2D eigenvalue weighted by Gasteiger charge is 2.44. The number of hydrogen-bond donors (Lipinski definition) is 3. The van der Waals surface area contributed by atoms with Crippen LogP contribution in [0.4, 0.5) is 0 Å². The topological polar surface area (TPSA) is 127 Å². The van der Waals surface area contributed by atoms with Crippen LogP contribution in [-0.2, 0) is 25.1 Å². The number of fused-ring (bicyclic) bond motifs is 1. The molecule has 166 valence electrons. The molecule has 1 aliphatic carbocycles. The van der Waals surface area contributed by atoms with Gasteiger partial charge in [-0.05, 0) is 37.5 Å². The number of carbonyl (C=O) groups is 2. The Hall–Kier alpha value is -2.69. The standard InChI is InChI=1S/C21H25N3O6S/c1-29-21(26)18-16-11-14(7-8-17(16)23-24-18)22-20(25)19-13(9-10-30-19)12-31(27,28)15-5-3-2-4-6-15/h2-6,9-10,14,16-18,23-24H,7-8,11-12H2,1H3,(H,22,25). The Morgan fingerprint density at radius 3 is 2.68 bits per heavy atom. The van der Waals surface area contributed by atoms with Gasteiger partial charge >= 0.3 is 5.97 Å². The first-order chi connectivity index (χ1) is 14.9. The van der Waals surface area contributed by atoms with Crippen LogP contribution in [0.1, 0.15) is 35.4 Å². The van der Waals surface area contributed by atoms with Gasteiger partial charge in [0, 0.05) is 23.6 Å². The second-order valence-electron chi connectivity index (χ2n) is 7.89. The Morgan fingerprint density at radius 1 is 1.16 bits per heavy atom. The van der Waals surface area contributed by atoms with Crippen molar-refractivity contribution in [3.63, 3.8) is 0 Å². The lowest BCUT2D eigenvalue weighted by atomic mass is 9.79. The highest BCUT2D eigenvalue weighted by molar-refractivity contribution is 7.90. The van der Waals surface area contributed by atoms with Crippen molar-refractivity contribution in [2.75, 3.05) is 7.11 Å². The van der Waals surface area contributed by atoms with Crippen LogP contribution in [0, 0.1) is 5.92 Å². The van der Waals surface area contributed by atoms with E-state index in [0.29, 0.717) is 12.0 Å². The lowest BCUT2D eigenvalue weighted by Crippen LogP contribution is -2.46. The van der Waals surface area contributed by atoms with Crippen LogP contribution in [0.25, 0.3) is 0 Å². The predicted molar refractivity (Wildman–Crippen MR) is 110 cm³/mol. The quantitative estimate of drug-likeness (QED) is 0.564. The number of benzene rings is 1. The first kappa shape index (κ1) is 21.5. The number of furan rings is 1. The number of hydrazine groups is 1. The van der Waals surface area contributed by atoms with Gasteiger partial charge in [-0.15, -0.1) is 0 Å². The fourth-order valence-corrected chi connectivity index (χ4v) is 5.74. The molecule has 2 aromatic rings. The Labute approximate surface area is 180 Å². The van der Waals surface area contributed by atoms with E-state index in [-0.39, 0.29) is 40.4 Å². The maximum Gasteiger partial charge on any atom is 0.324 e. The number of nitrogens with one attached hydrogen (secondary N) is 3. The Balaban J connectivity index is 1.43. The van der Waals surface area contributed by atoms with E-state index in [2.05, 4.69) is 16.2 Å². The third-order valence-electron chi connectivity index (χ3n) is 5.94. The zero-order chi connectivity index (χ0) is 22.0. The Bertz CT molecular complexity index is 1050. The largest absolute Gasteiger partial charge is 0.468 e. The number of esters is 1. The minimum atomic E-state index is -3.61. The van der Waals surface area contributed by atoms with Gasteiger partial charge in [-0.2, -0.15) is 0 Å². The van der Waals surface area contributed by atoms with E-state index >= 15 is 0 Å². The molecule has 2 fully saturated rings. The number of rotatable bonds is 6. The fourth-order valence-electron chi connectivity index (χ4n) is 4.36. The van der Waals surface area contributed by atoms with E-state index in [1.165, 1.54) is 31.6 Å². The first-order valence-corrected chi connectivity index (χ1v) is 11.8. The van der Waals surface area contributed by atoms with Crippen LogP contribution in [0.2, 0.25) is 0 Å². The normalized spacial score (nSPS) is 25.6. The van der Waals surface area contributed by atoms with Gasteiger partial charge in [-0.3, -0.25) is 15.0 Å². The van der Waals surface area contributed by atoms with Crippen LogP contribution in [0.5, 0.6) is 0 Å². The van der Waals surface area contributed by atoms with Gasteiger partial charge in [0.1, 0.15) is 6.04 Å². The van der Waals surface area contributed by atoms with Crippen molar-refractivity contribution in [3.8, 4) is 0 Å². The van der Waals surface area contributed by atoms with Gasteiger partial charge in [0.15, 0.2) is 15.6 Å². The van der Waals surface area contributed by atoms with E-state index in [0.717, 1.165) is 12.8 Å². The average Bonchev–Trinajstić information content (AvgIpc) is 3.40. The lowest BCUT2D eigenvalue weighted by Gasteiger charge is -2.32. The summed E-state index contributed by atoms with van der Waals surface area (Å²) in [5.41, 5.74) is 6.42. The van der Waals surface area contributed by atoms with Gasteiger partial charge in [-0.25, -0.2) is 13.8 Å². The molecule has 2 heterocycles. The predicted octanol–water partition coefficient (Wildman–Crippen LogP) is 1.17. The number of carbonyl (C=O) groups excluding carboxylic acids is 2. The van der Waals surface area contributed by atoms with Gasteiger partial charge in [-0.1, -0.05) is 18.2 Å². The van der Waals surface area contributed by atoms with E-state index in [4.69, 9.17) is 9.15 Å². The molecule has 0 bridgehead atoms. The van der Waals surface area contributed by atoms with Gasteiger partial charge in [0.25, 0.3) is 5.91 Å². The summed E-state index contributed by atoms with van der Waals surface area (Å²) in [5.74, 6) is -1.15. The Morgan fingerprint density at radius 2 is 1.94 bits per heavy atom. The summed E-state index contributed by atoms with van der Waals surface area (Å²) in [4.78, 5) is 25.0. The molecular weight excluding hydrogens is 422 g/mol. The highest BCUT2D eigenvalue weighted by atomic mass is 32.2. The third kappa shape index (κ3) is 4.51. The molecule has 1 aliphatic heterocycles. The second kappa shape index (κ2) is 8.81. The number of hydrogen-bond acceptors (Lipinski definition) is 8. The zero-order valence-corrected chi connectivity index (χ0v) is 17.9. The van der Waals surface area contributed by atoms with Crippen LogP contribution in [0.15, 0.2) is 52.0 Å². The zero-order valence-electron chi connectivity index (χ0n) is 17.0. The Kier molecular flexibility index (Phi) is 6.12. The molecule has 0 radical (unpaired) electrons. The van der Waals surface area contributed by atoms with Crippen molar-refractivity contribution < 1.29 is 27.2 Å². The fraction of sp³-hybridized carbons (Fsp3) is 0.429. The molecule has 9 nitrogen and oxygen atoms in total. The molecule has 1 aromatic carbocycles. The molecular formula is C21H25N3O6S. The van der Waals surface area contributed by atoms with Gasteiger partial charge < -0.3 is 14.5 Å². The summed E-state index contributed by atoms with van der Waals surface area (Å²) in [5, 5.41) is 2.94. The molecule has 4 unspecified atom stereocenters. The van der Waals surface area contributed by atoms with Crippen LogP contribution < -0.4 is 16.2 Å². The summed E-state index contributed by atoms with van der Waals surface area (Å²) in [7, 11) is -2.26. The van der Waals surface area contributed by atoms with Gasteiger partial charge in [0.2, 0.25) is 0 Å². The lowest BCUT2D eigenvalue weighted by molar-refractivity contribution is -0.144. The maximum atomic E-state index is 12.9. The van der Waals surface area contributed by atoms with Crippen molar-refractivity contribution in [1.82, 2.24) is 16.2 Å². The van der Waals surface area contributed by atoms with Crippen LogP contribution >= 0.6 is 0 Å². The number of sulfone groups is 1. The summed E-state index contributed by atoms with van der Waals surface area (Å²) in [6.45, 7) is 0. The molecule has 0 spiro atoms. The smallest absolute Gasteiger partial charge is 0.324 e. The van der Waals surface area contributed by atoms with Crippen LogP contribution in [-0.4, -0.2) is 45.5 Å².